The van der Waals surface area contributed by atoms with E-state index >= 15 is 0 Å². The van der Waals surface area contributed by atoms with E-state index in [0.29, 0.717) is 0 Å². The van der Waals surface area contributed by atoms with E-state index in [-0.39, 0.29) is 11.0 Å². The fraction of sp³-hybridized carbons (Fsp3) is 0.556. The third-order valence-corrected chi connectivity index (χ3v) is 4.32. The Hall–Kier alpha value is -1.24. The molecule has 104 valence electrons. The molecule has 0 bridgehead atoms. The number of rotatable bonds is 1. The third kappa shape index (κ3) is 2.56. The average Bonchev–Trinajstić information content (AvgIpc) is 2.28. The maximum atomic E-state index is 6.28. The zero-order chi connectivity index (χ0) is 14.4. The van der Waals surface area contributed by atoms with Crippen LogP contribution in [0.5, 0.6) is 5.75 Å². The van der Waals surface area contributed by atoms with Crippen molar-refractivity contribution in [1.29, 1.82) is 0 Å². The minimum atomic E-state index is -0.207. The molecule has 2 rings (SSSR count). The summed E-state index contributed by atoms with van der Waals surface area (Å²) in [5, 5.41) is 0. The Morgan fingerprint density at radius 2 is 1.95 bits per heavy atom. The molecule has 1 heteroatoms. The summed E-state index contributed by atoms with van der Waals surface area (Å²) in [6.45, 7) is 17.2. The fourth-order valence-electron chi connectivity index (χ4n) is 2.56. The van der Waals surface area contributed by atoms with Gasteiger partial charge in [-0.25, -0.2) is 0 Å². The van der Waals surface area contributed by atoms with E-state index in [4.69, 9.17) is 4.74 Å². The molecule has 0 spiro atoms. The standard InChI is InChI=1S/C18H26O/c1-12(2)18(7)9-8-14-11-15(17(4,5)6)10-13(3)16(14)19-18/h10-11H,1,8-9H2,2-7H3. The monoisotopic (exact) mass is 258 g/mol. The van der Waals surface area contributed by atoms with Gasteiger partial charge < -0.3 is 4.74 Å². The normalized spacial score (nSPS) is 22.6. The first-order chi connectivity index (χ1) is 8.63. The molecule has 0 saturated heterocycles. The topological polar surface area (TPSA) is 9.23 Å². The highest BCUT2D eigenvalue weighted by Crippen LogP contribution is 2.40. The average molecular weight is 258 g/mol. The smallest absolute Gasteiger partial charge is 0.127 e. The van der Waals surface area contributed by atoms with Crippen LogP contribution in [0, 0.1) is 6.92 Å². The van der Waals surface area contributed by atoms with E-state index in [1.807, 2.05) is 0 Å². The van der Waals surface area contributed by atoms with Crippen LogP contribution >= 0.6 is 0 Å². The maximum absolute atomic E-state index is 6.28. The molecule has 0 saturated carbocycles. The van der Waals surface area contributed by atoms with Crippen LogP contribution in [0.25, 0.3) is 0 Å². The summed E-state index contributed by atoms with van der Waals surface area (Å²) in [4.78, 5) is 0. The Bertz CT molecular complexity index is 519. The Balaban J connectivity index is 2.46. The van der Waals surface area contributed by atoms with Crippen molar-refractivity contribution in [3.8, 4) is 5.75 Å². The number of benzene rings is 1. The molecule has 1 aromatic rings. The minimum absolute atomic E-state index is 0.189. The lowest BCUT2D eigenvalue weighted by Crippen LogP contribution is -2.37. The van der Waals surface area contributed by atoms with Gasteiger partial charge in [-0.2, -0.15) is 0 Å². The van der Waals surface area contributed by atoms with Crippen LogP contribution in [0.2, 0.25) is 0 Å². The summed E-state index contributed by atoms with van der Waals surface area (Å²) < 4.78 is 6.28. The van der Waals surface area contributed by atoms with E-state index in [0.717, 1.165) is 24.2 Å². The van der Waals surface area contributed by atoms with Crippen molar-refractivity contribution in [3.63, 3.8) is 0 Å². The summed E-state index contributed by atoms with van der Waals surface area (Å²) in [5.74, 6) is 1.07. The van der Waals surface area contributed by atoms with Gasteiger partial charge in [0.05, 0.1) is 0 Å². The lowest BCUT2D eigenvalue weighted by atomic mass is 9.81. The van der Waals surface area contributed by atoms with Gasteiger partial charge in [0, 0.05) is 0 Å². The second-order valence-electron chi connectivity index (χ2n) is 7.14. The van der Waals surface area contributed by atoms with Gasteiger partial charge in [0.15, 0.2) is 0 Å². The van der Waals surface area contributed by atoms with Crippen molar-refractivity contribution in [2.75, 3.05) is 0 Å². The van der Waals surface area contributed by atoms with Gasteiger partial charge in [-0.1, -0.05) is 39.5 Å². The van der Waals surface area contributed by atoms with Gasteiger partial charge in [-0.05, 0) is 61.3 Å². The first-order valence-corrected chi connectivity index (χ1v) is 7.12. The highest BCUT2D eigenvalue weighted by Gasteiger charge is 2.33. The molecular weight excluding hydrogens is 232 g/mol. The molecule has 0 N–H and O–H groups in total. The first-order valence-electron chi connectivity index (χ1n) is 7.12. The molecule has 0 aliphatic carbocycles. The summed E-state index contributed by atoms with van der Waals surface area (Å²) in [5.41, 5.74) is 5.08. The molecular formula is C18H26O. The highest BCUT2D eigenvalue weighted by atomic mass is 16.5. The van der Waals surface area contributed by atoms with Gasteiger partial charge in [0.2, 0.25) is 0 Å². The minimum Gasteiger partial charge on any atom is -0.483 e. The van der Waals surface area contributed by atoms with Crippen molar-refractivity contribution in [2.45, 2.75) is 65.4 Å². The van der Waals surface area contributed by atoms with Gasteiger partial charge in [-0.3, -0.25) is 0 Å². The Kier molecular flexibility index (Phi) is 3.28. The number of ether oxygens (including phenoxy) is 1. The zero-order valence-corrected chi connectivity index (χ0v) is 13.2. The second kappa shape index (κ2) is 4.40. The van der Waals surface area contributed by atoms with Crippen molar-refractivity contribution in [1.82, 2.24) is 0 Å². The number of aryl methyl sites for hydroxylation is 2. The zero-order valence-electron chi connectivity index (χ0n) is 13.2. The van der Waals surface area contributed by atoms with E-state index in [1.165, 1.54) is 16.7 Å². The lowest BCUT2D eigenvalue weighted by molar-refractivity contribution is 0.101. The van der Waals surface area contributed by atoms with Gasteiger partial charge in [-0.15, -0.1) is 0 Å². The van der Waals surface area contributed by atoms with Crippen LogP contribution in [0.3, 0.4) is 0 Å². The van der Waals surface area contributed by atoms with Crippen LogP contribution in [0.15, 0.2) is 24.3 Å². The van der Waals surface area contributed by atoms with E-state index in [1.54, 1.807) is 0 Å². The number of fused-ring (bicyclic) bond motifs is 1. The van der Waals surface area contributed by atoms with Crippen molar-refractivity contribution in [2.24, 2.45) is 0 Å². The van der Waals surface area contributed by atoms with Gasteiger partial charge in [0.1, 0.15) is 11.4 Å². The number of hydrogen-bond acceptors (Lipinski definition) is 1. The summed E-state index contributed by atoms with van der Waals surface area (Å²) in [6.07, 6.45) is 2.09. The highest BCUT2D eigenvalue weighted by molar-refractivity contribution is 5.48. The molecule has 1 aliphatic rings. The van der Waals surface area contributed by atoms with Gasteiger partial charge >= 0.3 is 0 Å². The van der Waals surface area contributed by atoms with E-state index < -0.39 is 0 Å². The largest absolute Gasteiger partial charge is 0.483 e. The second-order valence-corrected chi connectivity index (χ2v) is 7.14. The van der Waals surface area contributed by atoms with E-state index in [9.17, 15) is 0 Å². The molecule has 1 heterocycles. The van der Waals surface area contributed by atoms with Crippen molar-refractivity contribution >= 4 is 0 Å². The molecule has 0 amide bonds. The quantitative estimate of drug-likeness (QED) is 0.647. The number of hydrogen-bond donors (Lipinski definition) is 0. The molecule has 1 nitrogen and oxygen atoms in total. The van der Waals surface area contributed by atoms with Crippen LogP contribution in [-0.2, 0) is 11.8 Å². The Morgan fingerprint density at radius 3 is 2.47 bits per heavy atom. The van der Waals surface area contributed by atoms with E-state index in [2.05, 4.69) is 60.3 Å². The van der Waals surface area contributed by atoms with Crippen LogP contribution in [0.4, 0.5) is 0 Å². The molecule has 0 aromatic heterocycles. The summed E-state index contributed by atoms with van der Waals surface area (Å²) in [7, 11) is 0. The molecule has 0 radical (unpaired) electrons. The maximum Gasteiger partial charge on any atom is 0.127 e. The first kappa shape index (κ1) is 14.2. The SMILES string of the molecule is C=C(C)C1(C)CCc2cc(C(C)(C)C)cc(C)c2O1. The molecule has 1 unspecified atom stereocenters. The molecule has 1 aromatic carbocycles. The predicted molar refractivity (Wildman–Crippen MR) is 82.0 cm³/mol. The fourth-order valence-corrected chi connectivity index (χ4v) is 2.56. The predicted octanol–water partition coefficient (Wildman–Crippen LogP) is 4.95. The Morgan fingerprint density at radius 1 is 1.32 bits per heavy atom. The lowest BCUT2D eigenvalue weighted by Gasteiger charge is -2.38. The molecule has 1 atom stereocenters. The molecule has 0 fully saturated rings. The van der Waals surface area contributed by atoms with Crippen LogP contribution in [0.1, 0.15) is 57.7 Å². The summed E-state index contributed by atoms with van der Waals surface area (Å²) in [6, 6.07) is 4.59. The summed E-state index contributed by atoms with van der Waals surface area (Å²) >= 11 is 0. The third-order valence-electron chi connectivity index (χ3n) is 4.32. The Labute approximate surface area is 117 Å². The molecule has 1 aliphatic heterocycles. The van der Waals surface area contributed by atoms with Gasteiger partial charge in [0.25, 0.3) is 0 Å². The molecule has 19 heavy (non-hydrogen) atoms. The van der Waals surface area contributed by atoms with Crippen LogP contribution < -0.4 is 4.74 Å². The van der Waals surface area contributed by atoms with Crippen molar-refractivity contribution in [3.05, 3.63) is 41.0 Å². The van der Waals surface area contributed by atoms with Crippen LogP contribution in [-0.4, -0.2) is 5.60 Å². The van der Waals surface area contributed by atoms with Crippen molar-refractivity contribution < 1.29 is 4.74 Å².